The van der Waals surface area contributed by atoms with Gasteiger partial charge in [-0.05, 0) is 69.0 Å². The first kappa shape index (κ1) is 22.7. The Hall–Kier alpha value is -1.44. The van der Waals surface area contributed by atoms with Crippen LogP contribution in [0.15, 0.2) is 11.4 Å². The highest BCUT2D eigenvalue weighted by Gasteiger charge is 2.27. The van der Waals surface area contributed by atoms with Gasteiger partial charge in [0.2, 0.25) is 11.8 Å². The number of morpholine rings is 1. The average Bonchev–Trinajstić information content (AvgIpc) is 3.23. The third kappa shape index (κ3) is 6.08. The number of rotatable bonds is 6. The zero-order chi connectivity index (χ0) is 21.8. The van der Waals surface area contributed by atoms with E-state index in [-0.39, 0.29) is 11.8 Å². The summed E-state index contributed by atoms with van der Waals surface area (Å²) in [5.41, 5.74) is 1.28. The predicted molar refractivity (Wildman–Crippen MR) is 123 cm³/mol. The van der Waals surface area contributed by atoms with E-state index < -0.39 is 0 Å². The van der Waals surface area contributed by atoms with E-state index in [1.165, 1.54) is 16.9 Å². The van der Waals surface area contributed by atoms with Crippen LogP contribution in [0.2, 0.25) is 0 Å². The number of amides is 2. The van der Waals surface area contributed by atoms with Gasteiger partial charge in [-0.3, -0.25) is 14.5 Å². The molecule has 31 heavy (non-hydrogen) atoms. The molecule has 2 atom stereocenters. The lowest BCUT2D eigenvalue weighted by molar-refractivity contribution is -0.138. The summed E-state index contributed by atoms with van der Waals surface area (Å²) < 4.78 is 5.83. The monoisotopic (exact) mass is 447 g/mol. The van der Waals surface area contributed by atoms with Crippen molar-refractivity contribution in [3.8, 4) is 0 Å². The molecule has 0 saturated carbocycles. The molecule has 0 aromatic carbocycles. The number of thiophene rings is 1. The number of fused-ring (bicyclic) bond motifs is 1. The van der Waals surface area contributed by atoms with Gasteiger partial charge < -0.3 is 14.5 Å². The molecular formula is C24H37N3O3S. The number of hydrogen-bond donors (Lipinski definition) is 0. The second kappa shape index (κ2) is 10.5. The van der Waals surface area contributed by atoms with Crippen molar-refractivity contribution in [2.45, 2.75) is 71.1 Å². The Kier molecular flexibility index (Phi) is 7.67. The molecule has 2 saturated heterocycles. The summed E-state index contributed by atoms with van der Waals surface area (Å²) in [5.74, 6) is 0.970. The molecule has 0 unspecified atom stereocenters. The molecule has 0 radical (unpaired) electrons. The van der Waals surface area contributed by atoms with Crippen LogP contribution in [0.1, 0.15) is 56.4 Å². The summed E-state index contributed by atoms with van der Waals surface area (Å²) in [6.45, 7) is 10.7. The number of carbonyl (C=O) groups excluding carboxylic acids is 2. The van der Waals surface area contributed by atoms with Crippen LogP contribution in [-0.4, -0.2) is 78.0 Å². The van der Waals surface area contributed by atoms with Crippen molar-refractivity contribution in [1.82, 2.24) is 14.7 Å². The highest BCUT2D eigenvalue weighted by molar-refractivity contribution is 7.10. The molecule has 3 aliphatic rings. The summed E-state index contributed by atoms with van der Waals surface area (Å²) in [7, 11) is 0. The molecule has 4 rings (SSSR count). The van der Waals surface area contributed by atoms with E-state index in [1.807, 2.05) is 9.80 Å². The summed E-state index contributed by atoms with van der Waals surface area (Å²) in [5, 5.41) is 2.10. The van der Waals surface area contributed by atoms with Crippen LogP contribution in [0.25, 0.3) is 0 Å². The van der Waals surface area contributed by atoms with Gasteiger partial charge in [0, 0.05) is 57.0 Å². The summed E-state index contributed by atoms with van der Waals surface area (Å²) in [6, 6.07) is 2.12. The number of nitrogens with zero attached hydrogens (tertiary/aromatic N) is 3. The molecule has 2 fully saturated rings. The Morgan fingerprint density at radius 2 is 1.71 bits per heavy atom. The first-order valence-electron chi connectivity index (χ1n) is 12.0. The number of ether oxygens (including phenoxy) is 1. The van der Waals surface area contributed by atoms with Crippen molar-refractivity contribution in [3.05, 3.63) is 21.9 Å². The Balaban J connectivity index is 1.13. The first-order chi connectivity index (χ1) is 15.0. The van der Waals surface area contributed by atoms with Gasteiger partial charge in [0.15, 0.2) is 0 Å². The molecule has 6 nitrogen and oxygen atoms in total. The van der Waals surface area contributed by atoms with E-state index in [0.29, 0.717) is 37.5 Å². The Labute approximate surface area is 190 Å². The first-order valence-corrected chi connectivity index (χ1v) is 12.8. The minimum Gasteiger partial charge on any atom is -0.373 e. The quantitative estimate of drug-likeness (QED) is 0.672. The van der Waals surface area contributed by atoms with Crippen molar-refractivity contribution in [3.63, 3.8) is 0 Å². The standard InChI is InChI=1S/C24H37N3O3S/c1-18-15-25(16-19(2)30-18)10-5-20-6-11-26(12-7-20)23(28)3-4-24(29)27-13-8-22-21(17-27)9-14-31-22/h9,14,18-20H,3-8,10-13,15-17H2,1-2H3/t18-,19-/m0/s1. The van der Waals surface area contributed by atoms with Crippen LogP contribution in [0.3, 0.4) is 0 Å². The summed E-state index contributed by atoms with van der Waals surface area (Å²) in [6.07, 6.45) is 5.66. The van der Waals surface area contributed by atoms with Gasteiger partial charge in [0.25, 0.3) is 0 Å². The van der Waals surface area contributed by atoms with E-state index in [9.17, 15) is 9.59 Å². The van der Waals surface area contributed by atoms with Crippen LogP contribution >= 0.6 is 11.3 Å². The van der Waals surface area contributed by atoms with Gasteiger partial charge in [0.1, 0.15) is 0 Å². The van der Waals surface area contributed by atoms with Crippen molar-refractivity contribution >= 4 is 23.2 Å². The molecule has 4 heterocycles. The maximum absolute atomic E-state index is 12.7. The third-order valence-electron chi connectivity index (χ3n) is 7.03. The van der Waals surface area contributed by atoms with Crippen molar-refractivity contribution < 1.29 is 14.3 Å². The van der Waals surface area contributed by atoms with E-state index in [4.69, 9.17) is 4.74 Å². The van der Waals surface area contributed by atoms with E-state index in [0.717, 1.165) is 58.5 Å². The molecule has 0 aliphatic carbocycles. The van der Waals surface area contributed by atoms with Gasteiger partial charge in [0.05, 0.1) is 12.2 Å². The highest BCUT2D eigenvalue weighted by Crippen LogP contribution is 2.25. The van der Waals surface area contributed by atoms with Gasteiger partial charge >= 0.3 is 0 Å². The lowest BCUT2D eigenvalue weighted by Crippen LogP contribution is -2.46. The van der Waals surface area contributed by atoms with Crippen LogP contribution < -0.4 is 0 Å². The number of hydrogen-bond acceptors (Lipinski definition) is 5. The number of piperidine rings is 1. The Morgan fingerprint density at radius 1 is 1.03 bits per heavy atom. The van der Waals surface area contributed by atoms with Gasteiger partial charge in [-0.15, -0.1) is 11.3 Å². The number of carbonyl (C=O) groups is 2. The van der Waals surface area contributed by atoms with E-state index in [2.05, 4.69) is 30.2 Å². The molecule has 0 N–H and O–H groups in total. The molecule has 2 amide bonds. The molecule has 1 aromatic heterocycles. The lowest BCUT2D eigenvalue weighted by Gasteiger charge is -2.37. The Bertz CT molecular complexity index is 749. The third-order valence-corrected chi connectivity index (χ3v) is 8.05. The minimum atomic E-state index is 0.119. The fourth-order valence-corrected chi connectivity index (χ4v) is 6.18. The second-order valence-corrected chi connectivity index (χ2v) is 10.6. The smallest absolute Gasteiger partial charge is 0.223 e. The topological polar surface area (TPSA) is 53.1 Å². The van der Waals surface area contributed by atoms with Crippen LogP contribution in [0.4, 0.5) is 0 Å². The zero-order valence-corrected chi connectivity index (χ0v) is 19.9. The Morgan fingerprint density at radius 3 is 2.42 bits per heavy atom. The van der Waals surface area contributed by atoms with Crippen molar-refractivity contribution in [2.75, 3.05) is 39.3 Å². The van der Waals surface area contributed by atoms with Gasteiger partial charge in [-0.1, -0.05) is 0 Å². The molecule has 172 valence electrons. The lowest BCUT2D eigenvalue weighted by atomic mass is 9.93. The maximum Gasteiger partial charge on any atom is 0.223 e. The number of likely N-dealkylation sites (tertiary alicyclic amines) is 1. The van der Waals surface area contributed by atoms with E-state index >= 15 is 0 Å². The van der Waals surface area contributed by atoms with Crippen molar-refractivity contribution in [2.24, 2.45) is 5.92 Å². The SMILES string of the molecule is C[C@H]1CN(CCC2CCN(C(=O)CCC(=O)N3CCc4sccc4C3)CC2)C[C@H](C)O1. The molecular weight excluding hydrogens is 410 g/mol. The zero-order valence-electron chi connectivity index (χ0n) is 19.1. The van der Waals surface area contributed by atoms with Gasteiger partial charge in [-0.25, -0.2) is 0 Å². The molecule has 7 heteroatoms. The van der Waals surface area contributed by atoms with Crippen LogP contribution in [-0.2, 0) is 27.3 Å². The fraction of sp³-hybridized carbons (Fsp3) is 0.750. The summed E-state index contributed by atoms with van der Waals surface area (Å²) >= 11 is 1.78. The second-order valence-electron chi connectivity index (χ2n) is 9.56. The normalized spacial score (nSPS) is 25.5. The summed E-state index contributed by atoms with van der Waals surface area (Å²) in [4.78, 5) is 33.1. The van der Waals surface area contributed by atoms with Crippen molar-refractivity contribution in [1.29, 1.82) is 0 Å². The molecule has 1 aromatic rings. The molecule has 0 bridgehead atoms. The highest BCUT2D eigenvalue weighted by atomic mass is 32.1. The van der Waals surface area contributed by atoms with Crippen LogP contribution in [0.5, 0.6) is 0 Å². The molecule has 0 spiro atoms. The molecule has 3 aliphatic heterocycles. The largest absolute Gasteiger partial charge is 0.373 e. The van der Waals surface area contributed by atoms with Crippen LogP contribution in [0, 0.1) is 5.92 Å². The van der Waals surface area contributed by atoms with Gasteiger partial charge in [-0.2, -0.15) is 0 Å². The maximum atomic E-state index is 12.7. The average molecular weight is 448 g/mol. The van der Waals surface area contributed by atoms with E-state index in [1.54, 1.807) is 11.3 Å². The fourth-order valence-electron chi connectivity index (χ4n) is 5.29. The minimum absolute atomic E-state index is 0.119. The predicted octanol–water partition coefficient (Wildman–Crippen LogP) is 3.15.